The third-order valence-electron chi connectivity index (χ3n) is 6.29. The molecule has 1 saturated heterocycles. The molecule has 1 aliphatic rings. The van der Waals surface area contributed by atoms with Gasteiger partial charge in [0.25, 0.3) is 5.56 Å². The lowest BCUT2D eigenvalue weighted by Crippen LogP contribution is -2.42. The van der Waals surface area contributed by atoms with Gasteiger partial charge in [-0.05, 0) is 30.0 Å². The number of rotatable bonds is 10. The van der Waals surface area contributed by atoms with Crippen LogP contribution in [0.25, 0.3) is 10.9 Å². The SMILES string of the molecule is CCCC(CCO)Nc1nc(N)nc2ccn(Cc3ccc(CN4CCNCC4)cc3)c(=O)c12. The van der Waals surface area contributed by atoms with E-state index in [1.54, 1.807) is 16.8 Å². The average Bonchev–Trinajstić information content (AvgIpc) is 2.83. The normalized spacial score (nSPS) is 15.5. The number of nitrogens with zero attached hydrogens (tertiary/aromatic N) is 4. The molecule has 0 bridgehead atoms. The van der Waals surface area contributed by atoms with Crippen molar-refractivity contribution in [1.82, 2.24) is 24.8 Å². The number of aliphatic hydroxyl groups is 1. The van der Waals surface area contributed by atoms with Crippen LogP contribution in [0.4, 0.5) is 11.8 Å². The number of aliphatic hydroxyl groups excluding tert-OH is 1. The first kappa shape index (κ1) is 24.1. The Morgan fingerprint density at radius 2 is 1.79 bits per heavy atom. The molecule has 3 aromatic rings. The molecule has 1 aromatic carbocycles. The minimum absolute atomic E-state index is 0.00351. The summed E-state index contributed by atoms with van der Waals surface area (Å²) in [4.78, 5) is 24.5. The maximum Gasteiger partial charge on any atom is 0.264 e. The molecule has 0 radical (unpaired) electrons. The molecular weight excluding hydrogens is 430 g/mol. The van der Waals surface area contributed by atoms with Gasteiger partial charge in [0.1, 0.15) is 11.2 Å². The smallest absolute Gasteiger partial charge is 0.264 e. The average molecular weight is 466 g/mol. The number of nitrogens with two attached hydrogens (primary N) is 1. The van der Waals surface area contributed by atoms with E-state index in [2.05, 4.69) is 56.7 Å². The minimum atomic E-state index is -0.163. The lowest BCUT2D eigenvalue weighted by molar-refractivity contribution is 0.233. The summed E-state index contributed by atoms with van der Waals surface area (Å²) in [5.74, 6) is 0.548. The van der Waals surface area contributed by atoms with Gasteiger partial charge in [0.2, 0.25) is 5.95 Å². The third-order valence-corrected chi connectivity index (χ3v) is 6.29. The van der Waals surface area contributed by atoms with Crippen LogP contribution < -0.4 is 21.9 Å². The highest BCUT2D eigenvalue weighted by Gasteiger charge is 2.16. The van der Waals surface area contributed by atoms with Gasteiger partial charge in [0, 0.05) is 51.6 Å². The van der Waals surface area contributed by atoms with Crippen LogP contribution in [0.1, 0.15) is 37.3 Å². The molecule has 1 aliphatic heterocycles. The number of hydrogen-bond acceptors (Lipinski definition) is 8. The standard InChI is InChI=1S/C25H35N7O2/c1-2-3-20(9-15-33)28-23-22-21(29-25(26)30-23)8-12-32(24(22)34)17-19-6-4-18(5-7-19)16-31-13-10-27-11-14-31/h4-8,12,20,27,33H,2-3,9-11,13-17H2,1H3,(H3,26,28,29,30). The van der Waals surface area contributed by atoms with Crippen molar-refractivity contribution in [3.05, 3.63) is 58.0 Å². The van der Waals surface area contributed by atoms with Crippen molar-refractivity contribution >= 4 is 22.7 Å². The zero-order valence-corrected chi connectivity index (χ0v) is 19.8. The van der Waals surface area contributed by atoms with Crippen molar-refractivity contribution in [2.75, 3.05) is 43.8 Å². The number of piperazine rings is 1. The molecular formula is C25H35N7O2. The number of aromatic nitrogens is 3. The van der Waals surface area contributed by atoms with E-state index in [0.717, 1.165) is 51.1 Å². The first-order valence-electron chi connectivity index (χ1n) is 12.1. The molecule has 1 fully saturated rings. The van der Waals surface area contributed by atoms with Crippen LogP contribution in [0.3, 0.4) is 0 Å². The molecule has 0 amide bonds. The van der Waals surface area contributed by atoms with E-state index >= 15 is 0 Å². The molecule has 1 unspecified atom stereocenters. The number of pyridine rings is 1. The topological polar surface area (TPSA) is 121 Å². The van der Waals surface area contributed by atoms with Crippen molar-refractivity contribution in [3.8, 4) is 0 Å². The zero-order valence-electron chi connectivity index (χ0n) is 19.8. The largest absolute Gasteiger partial charge is 0.396 e. The molecule has 2 aromatic heterocycles. The highest BCUT2D eigenvalue weighted by molar-refractivity contribution is 5.89. The quantitative estimate of drug-likeness (QED) is 0.358. The van der Waals surface area contributed by atoms with Gasteiger partial charge in [-0.2, -0.15) is 4.98 Å². The first-order chi connectivity index (χ1) is 16.6. The summed E-state index contributed by atoms with van der Waals surface area (Å²) >= 11 is 0. The molecule has 0 spiro atoms. The Kier molecular flexibility index (Phi) is 8.10. The van der Waals surface area contributed by atoms with Gasteiger partial charge in [0.05, 0.1) is 12.1 Å². The highest BCUT2D eigenvalue weighted by Crippen LogP contribution is 2.20. The lowest BCUT2D eigenvalue weighted by atomic mass is 10.1. The van der Waals surface area contributed by atoms with Gasteiger partial charge < -0.3 is 26.0 Å². The van der Waals surface area contributed by atoms with Crippen LogP contribution in [-0.2, 0) is 13.1 Å². The van der Waals surface area contributed by atoms with Gasteiger partial charge in [0.15, 0.2) is 0 Å². The molecule has 3 heterocycles. The van der Waals surface area contributed by atoms with Crippen LogP contribution in [0.2, 0.25) is 0 Å². The van der Waals surface area contributed by atoms with E-state index < -0.39 is 0 Å². The van der Waals surface area contributed by atoms with Gasteiger partial charge in [-0.25, -0.2) is 4.98 Å². The zero-order chi connectivity index (χ0) is 23.9. The molecule has 5 N–H and O–H groups in total. The Bertz CT molecular complexity index is 1130. The number of anilines is 2. The van der Waals surface area contributed by atoms with Crippen molar-refractivity contribution in [2.45, 2.75) is 45.3 Å². The fourth-order valence-electron chi connectivity index (χ4n) is 4.49. The summed E-state index contributed by atoms with van der Waals surface area (Å²) in [7, 11) is 0. The Morgan fingerprint density at radius 3 is 2.47 bits per heavy atom. The summed E-state index contributed by atoms with van der Waals surface area (Å²) in [6.07, 6.45) is 4.13. The van der Waals surface area contributed by atoms with E-state index in [4.69, 9.17) is 5.73 Å². The van der Waals surface area contributed by atoms with E-state index in [0.29, 0.717) is 29.7 Å². The molecule has 34 heavy (non-hydrogen) atoms. The Balaban J connectivity index is 1.56. The second kappa shape index (κ2) is 11.4. The van der Waals surface area contributed by atoms with E-state index in [1.165, 1.54) is 5.56 Å². The lowest BCUT2D eigenvalue weighted by Gasteiger charge is -2.27. The molecule has 4 rings (SSSR count). The molecule has 182 valence electrons. The number of nitrogen functional groups attached to an aromatic ring is 1. The van der Waals surface area contributed by atoms with Crippen molar-refractivity contribution in [2.24, 2.45) is 0 Å². The number of nitrogens with one attached hydrogen (secondary N) is 2. The second-order valence-electron chi connectivity index (χ2n) is 8.92. The summed E-state index contributed by atoms with van der Waals surface area (Å²) in [6.45, 7) is 7.75. The minimum Gasteiger partial charge on any atom is -0.396 e. The fraction of sp³-hybridized carbons (Fsp3) is 0.480. The molecule has 0 aliphatic carbocycles. The highest BCUT2D eigenvalue weighted by atomic mass is 16.3. The predicted molar refractivity (Wildman–Crippen MR) is 136 cm³/mol. The Hall–Kier alpha value is -3.01. The third kappa shape index (κ3) is 5.91. The van der Waals surface area contributed by atoms with E-state index in [9.17, 15) is 9.90 Å². The molecule has 9 nitrogen and oxygen atoms in total. The van der Waals surface area contributed by atoms with Gasteiger partial charge in [-0.3, -0.25) is 9.69 Å². The summed E-state index contributed by atoms with van der Waals surface area (Å²) < 4.78 is 1.68. The van der Waals surface area contributed by atoms with Crippen LogP contribution >= 0.6 is 0 Å². The van der Waals surface area contributed by atoms with E-state index in [-0.39, 0.29) is 24.2 Å². The van der Waals surface area contributed by atoms with Crippen LogP contribution in [0.15, 0.2) is 41.3 Å². The van der Waals surface area contributed by atoms with Crippen LogP contribution in [0.5, 0.6) is 0 Å². The van der Waals surface area contributed by atoms with Crippen molar-refractivity contribution < 1.29 is 5.11 Å². The van der Waals surface area contributed by atoms with Gasteiger partial charge >= 0.3 is 0 Å². The predicted octanol–water partition coefficient (Wildman–Crippen LogP) is 1.79. The summed E-state index contributed by atoms with van der Waals surface area (Å²) in [5.41, 5.74) is 8.60. The second-order valence-corrected chi connectivity index (χ2v) is 8.92. The maximum absolute atomic E-state index is 13.4. The molecule has 9 heteroatoms. The van der Waals surface area contributed by atoms with Gasteiger partial charge in [-0.15, -0.1) is 0 Å². The number of hydrogen-bond donors (Lipinski definition) is 4. The molecule has 0 saturated carbocycles. The van der Waals surface area contributed by atoms with Crippen molar-refractivity contribution in [1.29, 1.82) is 0 Å². The number of fused-ring (bicyclic) bond motifs is 1. The monoisotopic (exact) mass is 465 g/mol. The maximum atomic E-state index is 13.4. The van der Waals surface area contributed by atoms with Crippen LogP contribution in [-0.4, -0.2) is 63.4 Å². The summed E-state index contributed by atoms with van der Waals surface area (Å²) in [5, 5.41) is 16.5. The Morgan fingerprint density at radius 1 is 1.09 bits per heavy atom. The van der Waals surface area contributed by atoms with Crippen molar-refractivity contribution in [3.63, 3.8) is 0 Å². The first-order valence-corrected chi connectivity index (χ1v) is 12.1. The van der Waals surface area contributed by atoms with E-state index in [1.807, 2.05) is 0 Å². The fourth-order valence-corrected chi connectivity index (χ4v) is 4.49. The number of benzene rings is 1. The summed E-state index contributed by atoms with van der Waals surface area (Å²) in [6, 6.07) is 10.3. The van der Waals surface area contributed by atoms with Gasteiger partial charge in [-0.1, -0.05) is 37.6 Å². The molecule has 1 atom stereocenters. The van der Waals surface area contributed by atoms with Crippen LogP contribution in [0, 0.1) is 0 Å². The Labute approximate surface area is 200 Å².